The highest BCUT2D eigenvalue weighted by Gasteiger charge is 2.25. The lowest BCUT2D eigenvalue weighted by Crippen LogP contribution is -2.28. The first-order valence-corrected chi connectivity index (χ1v) is 7.22. The highest BCUT2D eigenvalue weighted by Crippen LogP contribution is 2.26. The fraction of sp³-hybridized carbons (Fsp3) is 0.600. The lowest BCUT2D eigenvalue weighted by molar-refractivity contribution is 0.132. The van der Waals surface area contributed by atoms with Crippen molar-refractivity contribution in [2.75, 3.05) is 13.1 Å². The van der Waals surface area contributed by atoms with Crippen LogP contribution in [0.3, 0.4) is 0 Å². The van der Waals surface area contributed by atoms with Crippen LogP contribution in [0.4, 0.5) is 0 Å². The number of hydrogen-bond acceptors (Lipinski definition) is 2. The molecular weight excluding hydrogens is 246 g/mol. The molecule has 1 saturated heterocycles. The third-order valence-corrected chi connectivity index (χ3v) is 4.04. The summed E-state index contributed by atoms with van der Waals surface area (Å²) < 4.78 is 6.18. The van der Waals surface area contributed by atoms with Crippen molar-refractivity contribution in [2.24, 2.45) is 5.92 Å². The van der Waals surface area contributed by atoms with Crippen LogP contribution >= 0.6 is 11.6 Å². The van der Waals surface area contributed by atoms with Gasteiger partial charge in [-0.15, -0.1) is 0 Å². The summed E-state index contributed by atoms with van der Waals surface area (Å²) in [5.41, 5.74) is 1.08. The Morgan fingerprint density at radius 3 is 2.94 bits per heavy atom. The molecule has 0 spiro atoms. The molecule has 2 atom stereocenters. The Morgan fingerprint density at radius 2 is 2.33 bits per heavy atom. The average Bonchev–Trinajstić information content (AvgIpc) is 2.87. The molecule has 100 valence electrons. The summed E-state index contributed by atoms with van der Waals surface area (Å²) in [4.78, 5) is 0. The summed E-state index contributed by atoms with van der Waals surface area (Å²) in [7, 11) is 0. The van der Waals surface area contributed by atoms with Crippen LogP contribution in [0.1, 0.15) is 31.7 Å². The third kappa shape index (κ3) is 3.39. The van der Waals surface area contributed by atoms with Gasteiger partial charge in [-0.25, -0.2) is 0 Å². The van der Waals surface area contributed by atoms with Gasteiger partial charge < -0.3 is 10.1 Å². The number of rotatable bonds is 5. The normalized spacial score (nSPS) is 20.9. The molecule has 1 fully saturated rings. The van der Waals surface area contributed by atoms with E-state index in [1.807, 2.05) is 25.1 Å². The minimum atomic E-state index is 0.325. The molecule has 1 aromatic rings. The van der Waals surface area contributed by atoms with Crippen LogP contribution in [0, 0.1) is 12.8 Å². The van der Waals surface area contributed by atoms with Gasteiger partial charge in [-0.3, -0.25) is 0 Å². The molecule has 1 aromatic carbocycles. The summed E-state index contributed by atoms with van der Waals surface area (Å²) in [6, 6.07) is 5.93. The quantitative estimate of drug-likeness (QED) is 0.876. The van der Waals surface area contributed by atoms with Crippen molar-refractivity contribution in [3.05, 3.63) is 28.8 Å². The van der Waals surface area contributed by atoms with Crippen LogP contribution in [0.15, 0.2) is 18.2 Å². The smallest absolute Gasteiger partial charge is 0.120 e. The van der Waals surface area contributed by atoms with E-state index in [0.717, 1.165) is 42.3 Å². The van der Waals surface area contributed by atoms with E-state index in [4.69, 9.17) is 16.3 Å². The number of ether oxygens (including phenoxy) is 1. The van der Waals surface area contributed by atoms with Crippen molar-refractivity contribution >= 4 is 11.6 Å². The van der Waals surface area contributed by atoms with E-state index in [-0.39, 0.29) is 0 Å². The van der Waals surface area contributed by atoms with Crippen molar-refractivity contribution in [2.45, 2.75) is 39.2 Å². The fourth-order valence-corrected chi connectivity index (χ4v) is 2.65. The summed E-state index contributed by atoms with van der Waals surface area (Å²) in [6.07, 6.45) is 3.82. The van der Waals surface area contributed by atoms with E-state index < -0.39 is 0 Å². The molecule has 0 amide bonds. The van der Waals surface area contributed by atoms with Gasteiger partial charge in [0.15, 0.2) is 0 Å². The minimum absolute atomic E-state index is 0.325. The second-order valence-electron chi connectivity index (χ2n) is 5.11. The Bertz CT molecular complexity index is 388. The standard InChI is InChI=1S/C15H22ClNO/c1-3-4-15(12-7-8-17-10-12)18-13-5-6-14(16)11(2)9-13/h5-6,9,12,15,17H,3-4,7-8,10H2,1-2H3/t12?,15-/m1/s1. The molecule has 1 N–H and O–H groups in total. The Kier molecular flexibility index (Phi) is 4.90. The van der Waals surface area contributed by atoms with Crippen LogP contribution in [-0.2, 0) is 0 Å². The first-order valence-electron chi connectivity index (χ1n) is 6.84. The van der Waals surface area contributed by atoms with Gasteiger partial charge in [0, 0.05) is 17.5 Å². The van der Waals surface area contributed by atoms with Crippen LogP contribution < -0.4 is 10.1 Å². The van der Waals surface area contributed by atoms with E-state index in [2.05, 4.69) is 12.2 Å². The Hall–Kier alpha value is -0.730. The maximum absolute atomic E-state index is 6.18. The van der Waals surface area contributed by atoms with Crippen LogP contribution in [0.5, 0.6) is 5.75 Å². The molecule has 0 aromatic heterocycles. The first-order chi connectivity index (χ1) is 8.70. The van der Waals surface area contributed by atoms with Gasteiger partial charge >= 0.3 is 0 Å². The van der Waals surface area contributed by atoms with Crippen molar-refractivity contribution in [3.63, 3.8) is 0 Å². The van der Waals surface area contributed by atoms with Gasteiger partial charge in [-0.05, 0) is 50.1 Å². The van der Waals surface area contributed by atoms with Gasteiger partial charge in [-0.2, -0.15) is 0 Å². The summed E-state index contributed by atoms with van der Waals surface area (Å²) in [6.45, 7) is 6.43. The van der Waals surface area contributed by atoms with Crippen LogP contribution in [0.2, 0.25) is 5.02 Å². The number of nitrogens with one attached hydrogen (secondary N) is 1. The van der Waals surface area contributed by atoms with Gasteiger partial charge in [0.2, 0.25) is 0 Å². The number of aryl methyl sites for hydroxylation is 1. The Balaban J connectivity index is 2.04. The van der Waals surface area contributed by atoms with Gasteiger partial charge in [0.1, 0.15) is 11.9 Å². The molecule has 1 aliphatic heterocycles. The number of halogens is 1. The van der Waals surface area contributed by atoms with E-state index in [0.29, 0.717) is 12.0 Å². The molecule has 0 radical (unpaired) electrons. The van der Waals surface area contributed by atoms with E-state index in [9.17, 15) is 0 Å². The van der Waals surface area contributed by atoms with Gasteiger partial charge in [0.05, 0.1) is 0 Å². The Labute approximate surface area is 115 Å². The monoisotopic (exact) mass is 267 g/mol. The third-order valence-electron chi connectivity index (χ3n) is 3.61. The molecule has 3 heteroatoms. The molecule has 0 saturated carbocycles. The van der Waals surface area contributed by atoms with Gasteiger partial charge in [-0.1, -0.05) is 24.9 Å². The Morgan fingerprint density at radius 1 is 1.50 bits per heavy atom. The zero-order chi connectivity index (χ0) is 13.0. The van der Waals surface area contributed by atoms with E-state index in [1.165, 1.54) is 6.42 Å². The molecule has 1 heterocycles. The van der Waals surface area contributed by atoms with Crippen molar-refractivity contribution in [3.8, 4) is 5.75 Å². The molecule has 0 bridgehead atoms. The lowest BCUT2D eigenvalue weighted by atomic mass is 9.97. The second-order valence-corrected chi connectivity index (χ2v) is 5.52. The summed E-state index contributed by atoms with van der Waals surface area (Å²) in [5.74, 6) is 1.59. The predicted molar refractivity (Wildman–Crippen MR) is 76.5 cm³/mol. The molecule has 1 unspecified atom stereocenters. The largest absolute Gasteiger partial charge is 0.490 e. The maximum atomic E-state index is 6.18. The predicted octanol–water partition coefficient (Wildman–Crippen LogP) is 3.81. The van der Waals surface area contributed by atoms with Crippen molar-refractivity contribution < 1.29 is 4.74 Å². The van der Waals surface area contributed by atoms with Gasteiger partial charge in [0.25, 0.3) is 0 Å². The summed E-state index contributed by atoms with van der Waals surface area (Å²) >= 11 is 6.04. The van der Waals surface area contributed by atoms with Crippen LogP contribution in [0.25, 0.3) is 0 Å². The van der Waals surface area contributed by atoms with Crippen molar-refractivity contribution in [1.29, 1.82) is 0 Å². The maximum Gasteiger partial charge on any atom is 0.120 e. The second kappa shape index (κ2) is 6.44. The first kappa shape index (κ1) is 13.7. The van der Waals surface area contributed by atoms with Crippen LogP contribution in [-0.4, -0.2) is 19.2 Å². The zero-order valence-electron chi connectivity index (χ0n) is 11.2. The molecule has 2 nitrogen and oxygen atoms in total. The summed E-state index contributed by atoms with van der Waals surface area (Å²) in [5, 5.41) is 4.22. The highest BCUT2D eigenvalue weighted by molar-refractivity contribution is 6.31. The topological polar surface area (TPSA) is 21.3 Å². The number of hydrogen-bond donors (Lipinski definition) is 1. The molecule has 2 rings (SSSR count). The molecular formula is C15H22ClNO. The fourth-order valence-electron chi connectivity index (χ4n) is 2.53. The van der Waals surface area contributed by atoms with E-state index in [1.54, 1.807) is 0 Å². The SMILES string of the molecule is CCC[C@@H](Oc1ccc(Cl)c(C)c1)C1CCNC1. The molecule has 0 aliphatic carbocycles. The highest BCUT2D eigenvalue weighted by atomic mass is 35.5. The number of benzene rings is 1. The minimum Gasteiger partial charge on any atom is -0.490 e. The lowest BCUT2D eigenvalue weighted by Gasteiger charge is -2.24. The van der Waals surface area contributed by atoms with Crippen molar-refractivity contribution in [1.82, 2.24) is 5.32 Å². The molecule has 18 heavy (non-hydrogen) atoms. The van der Waals surface area contributed by atoms with E-state index >= 15 is 0 Å². The molecule has 1 aliphatic rings. The zero-order valence-corrected chi connectivity index (χ0v) is 12.0. The average molecular weight is 268 g/mol.